The second-order valence-corrected chi connectivity index (χ2v) is 18.0. The van der Waals surface area contributed by atoms with Crippen LogP contribution in [-0.2, 0) is 14.3 Å². The third kappa shape index (κ3) is 44.2. The number of hydrogen-bond acceptors (Lipinski definition) is 5. The van der Waals surface area contributed by atoms with Crippen molar-refractivity contribution in [1.29, 1.82) is 0 Å². The first-order valence-electron chi connectivity index (χ1n) is 26.6. The van der Waals surface area contributed by atoms with E-state index in [2.05, 4.69) is 62.5 Å². The van der Waals surface area contributed by atoms with Gasteiger partial charge in [-0.1, -0.05) is 236 Å². The smallest absolute Gasteiger partial charge is 0.306 e. The minimum Gasteiger partial charge on any atom is -0.462 e. The van der Waals surface area contributed by atoms with Gasteiger partial charge in [0.25, 0.3) is 0 Å². The zero-order valence-corrected chi connectivity index (χ0v) is 41.0. The number of amides is 1. The Labute approximate surface area is 384 Å². The van der Waals surface area contributed by atoms with Gasteiger partial charge in [0.1, 0.15) is 6.10 Å². The SMILES string of the molecule is CC/C=C/C=C/C=C/C=C\CCCCCC(CC(=O)NC(CO)C(O)CCCCCCCCCCCCC)OC(=O)CCCCCCCCCCC/C=C/CCCCCCCC. The van der Waals surface area contributed by atoms with Gasteiger partial charge in [0, 0.05) is 6.42 Å². The van der Waals surface area contributed by atoms with Crippen molar-refractivity contribution in [2.45, 2.75) is 277 Å². The van der Waals surface area contributed by atoms with E-state index >= 15 is 0 Å². The van der Waals surface area contributed by atoms with E-state index in [4.69, 9.17) is 4.74 Å². The molecule has 0 fully saturated rings. The maximum Gasteiger partial charge on any atom is 0.306 e. The lowest BCUT2D eigenvalue weighted by atomic mass is 10.0. The van der Waals surface area contributed by atoms with Gasteiger partial charge < -0.3 is 20.3 Å². The first-order valence-corrected chi connectivity index (χ1v) is 26.6. The summed E-state index contributed by atoms with van der Waals surface area (Å²) < 4.78 is 5.92. The van der Waals surface area contributed by atoms with Gasteiger partial charge in [-0.05, 0) is 70.6 Å². The number of rotatable bonds is 47. The van der Waals surface area contributed by atoms with E-state index in [-0.39, 0.29) is 24.9 Å². The lowest BCUT2D eigenvalue weighted by molar-refractivity contribution is -0.151. The first kappa shape index (κ1) is 59.6. The van der Waals surface area contributed by atoms with E-state index in [1.54, 1.807) is 0 Å². The predicted molar refractivity (Wildman–Crippen MR) is 268 cm³/mol. The molecule has 0 aliphatic heterocycles. The fourth-order valence-electron chi connectivity index (χ4n) is 7.91. The van der Waals surface area contributed by atoms with Crippen LogP contribution in [0.2, 0.25) is 0 Å². The molecule has 6 nitrogen and oxygen atoms in total. The van der Waals surface area contributed by atoms with Crippen molar-refractivity contribution in [3.63, 3.8) is 0 Å². The minimum atomic E-state index is -0.799. The number of esters is 1. The van der Waals surface area contributed by atoms with E-state index in [0.717, 1.165) is 70.6 Å². The summed E-state index contributed by atoms with van der Waals surface area (Å²) >= 11 is 0. The van der Waals surface area contributed by atoms with Crippen LogP contribution in [0.25, 0.3) is 0 Å². The Morgan fingerprint density at radius 1 is 0.484 bits per heavy atom. The average Bonchev–Trinajstić information content (AvgIpc) is 3.26. The van der Waals surface area contributed by atoms with Crippen LogP contribution in [0, 0.1) is 0 Å². The number of carbonyl (C=O) groups excluding carboxylic acids is 2. The zero-order valence-electron chi connectivity index (χ0n) is 41.0. The quantitative estimate of drug-likeness (QED) is 0.0245. The largest absolute Gasteiger partial charge is 0.462 e. The van der Waals surface area contributed by atoms with Crippen LogP contribution in [0.15, 0.2) is 60.8 Å². The molecule has 3 atom stereocenters. The molecule has 0 aliphatic rings. The van der Waals surface area contributed by atoms with Gasteiger partial charge in [-0.25, -0.2) is 0 Å². The van der Waals surface area contributed by atoms with Gasteiger partial charge in [-0.2, -0.15) is 0 Å². The molecule has 1 amide bonds. The molecule has 0 aliphatic carbocycles. The Hall–Kier alpha value is -2.44. The monoisotopic (exact) mass is 868 g/mol. The number of aliphatic hydroxyl groups is 2. The molecule has 0 aromatic heterocycles. The fourth-order valence-corrected chi connectivity index (χ4v) is 7.91. The lowest BCUT2D eigenvalue weighted by Gasteiger charge is -2.24. The summed E-state index contributed by atoms with van der Waals surface area (Å²) in [6.07, 6.45) is 61.4. The summed E-state index contributed by atoms with van der Waals surface area (Å²) in [6, 6.07) is -0.715. The Morgan fingerprint density at radius 3 is 1.39 bits per heavy atom. The molecule has 0 aromatic carbocycles. The molecule has 0 rings (SSSR count). The average molecular weight is 868 g/mol. The highest BCUT2D eigenvalue weighted by Crippen LogP contribution is 2.18. The molecule has 62 heavy (non-hydrogen) atoms. The Morgan fingerprint density at radius 2 is 0.887 bits per heavy atom. The van der Waals surface area contributed by atoms with Gasteiger partial charge in [0.05, 0.1) is 25.2 Å². The van der Waals surface area contributed by atoms with Crippen molar-refractivity contribution in [2.24, 2.45) is 0 Å². The highest BCUT2D eigenvalue weighted by Gasteiger charge is 2.24. The Bertz CT molecular complexity index is 1110. The van der Waals surface area contributed by atoms with E-state index in [9.17, 15) is 19.8 Å². The maximum absolute atomic E-state index is 13.2. The van der Waals surface area contributed by atoms with Crippen molar-refractivity contribution in [2.75, 3.05) is 6.61 Å². The number of carbonyl (C=O) groups is 2. The van der Waals surface area contributed by atoms with Crippen LogP contribution >= 0.6 is 0 Å². The molecule has 360 valence electrons. The first-order chi connectivity index (χ1) is 30.5. The minimum absolute atomic E-state index is 0.0501. The molecule has 0 bridgehead atoms. The molecule has 3 unspecified atom stereocenters. The highest BCUT2D eigenvalue weighted by molar-refractivity contribution is 5.77. The molecule has 0 radical (unpaired) electrons. The highest BCUT2D eigenvalue weighted by atomic mass is 16.5. The zero-order chi connectivity index (χ0) is 45.2. The molecular formula is C56H101NO5. The topological polar surface area (TPSA) is 95.9 Å². The third-order valence-corrected chi connectivity index (χ3v) is 11.9. The van der Waals surface area contributed by atoms with Crippen LogP contribution in [0.3, 0.4) is 0 Å². The van der Waals surface area contributed by atoms with Gasteiger partial charge >= 0.3 is 5.97 Å². The van der Waals surface area contributed by atoms with Crippen molar-refractivity contribution >= 4 is 11.9 Å². The van der Waals surface area contributed by atoms with Gasteiger partial charge in [0.2, 0.25) is 5.91 Å². The molecule has 0 spiro atoms. The Balaban J connectivity index is 4.56. The van der Waals surface area contributed by atoms with E-state index < -0.39 is 18.2 Å². The molecule has 6 heteroatoms. The van der Waals surface area contributed by atoms with Crippen molar-refractivity contribution in [3.05, 3.63) is 60.8 Å². The number of nitrogens with one attached hydrogen (secondary N) is 1. The summed E-state index contributed by atoms with van der Waals surface area (Å²) in [5.41, 5.74) is 0. The fraction of sp³-hybridized carbons (Fsp3) is 0.786. The van der Waals surface area contributed by atoms with Crippen molar-refractivity contribution in [3.8, 4) is 0 Å². The number of hydrogen-bond donors (Lipinski definition) is 3. The second kappa shape index (κ2) is 49.6. The van der Waals surface area contributed by atoms with Crippen LogP contribution in [0.4, 0.5) is 0 Å². The molecule has 3 N–H and O–H groups in total. The molecule has 0 saturated carbocycles. The molecule has 0 saturated heterocycles. The summed E-state index contributed by atoms with van der Waals surface area (Å²) in [7, 11) is 0. The van der Waals surface area contributed by atoms with Gasteiger partial charge in [0.15, 0.2) is 0 Å². The summed E-state index contributed by atoms with van der Waals surface area (Å²) in [4.78, 5) is 26.2. The standard InChI is InChI=1S/C56H101NO5/c1-4-7-10-13-16-19-22-24-25-26-27-28-29-31-34-37-40-43-46-49-56(61)62-52(47-44-41-38-35-33-30-23-20-17-14-11-8-5-2)50-55(60)57-53(51-58)54(59)48-45-42-39-36-32-21-18-15-12-9-6-3/h8,11,14,17,20,23-25,30,33,52-54,58-59H,4-7,9-10,12-13,15-16,18-19,21-22,26-29,31-32,34-51H2,1-3H3,(H,57,60)/b11-8+,17-14+,23-20+,25-24+,33-30-. The number of aliphatic hydroxyl groups excluding tert-OH is 2. The molecule has 0 aromatic rings. The summed E-state index contributed by atoms with van der Waals surface area (Å²) in [5, 5.41) is 23.7. The third-order valence-electron chi connectivity index (χ3n) is 11.9. The van der Waals surface area contributed by atoms with Crippen LogP contribution in [0.5, 0.6) is 0 Å². The van der Waals surface area contributed by atoms with Crippen LogP contribution in [-0.4, -0.2) is 46.9 Å². The van der Waals surface area contributed by atoms with Gasteiger partial charge in [-0.3, -0.25) is 9.59 Å². The lowest BCUT2D eigenvalue weighted by Crippen LogP contribution is -2.46. The van der Waals surface area contributed by atoms with E-state index in [1.807, 2.05) is 24.3 Å². The predicted octanol–water partition coefficient (Wildman–Crippen LogP) is 16.0. The van der Waals surface area contributed by atoms with Crippen molar-refractivity contribution < 1.29 is 24.5 Å². The van der Waals surface area contributed by atoms with Crippen LogP contribution < -0.4 is 5.32 Å². The van der Waals surface area contributed by atoms with E-state index in [0.29, 0.717) is 19.3 Å². The van der Waals surface area contributed by atoms with E-state index in [1.165, 1.54) is 141 Å². The number of allylic oxidation sites excluding steroid dienone is 10. The summed E-state index contributed by atoms with van der Waals surface area (Å²) in [5.74, 6) is -0.512. The molecular weight excluding hydrogens is 767 g/mol. The normalized spacial score (nSPS) is 13.7. The molecule has 0 heterocycles. The Kier molecular flexibility index (Phi) is 47.6. The second-order valence-electron chi connectivity index (χ2n) is 18.0. The number of unbranched alkanes of at least 4 members (excludes halogenated alkanes) is 28. The van der Waals surface area contributed by atoms with Crippen LogP contribution in [0.1, 0.15) is 258 Å². The van der Waals surface area contributed by atoms with Crippen molar-refractivity contribution in [1.82, 2.24) is 5.32 Å². The maximum atomic E-state index is 13.2. The van der Waals surface area contributed by atoms with Gasteiger partial charge in [-0.15, -0.1) is 0 Å². The summed E-state index contributed by atoms with van der Waals surface area (Å²) in [6.45, 7) is 6.33. The number of ether oxygens (including phenoxy) is 1.